The second kappa shape index (κ2) is 9.80. The number of likely N-dealkylation sites (tertiary alicyclic amines) is 1. The zero-order valence-electron chi connectivity index (χ0n) is 15.9. The Morgan fingerprint density at radius 3 is 2.43 bits per heavy atom. The van der Waals surface area contributed by atoms with Crippen molar-refractivity contribution in [3.8, 4) is 5.75 Å². The van der Waals surface area contributed by atoms with Gasteiger partial charge in [-0.15, -0.1) is 0 Å². The third kappa shape index (κ3) is 5.30. The van der Waals surface area contributed by atoms with Gasteiger partial charge < -0.3 is 9.64 Å². The maximum absolute atomic E-state index is 13.0. The van der Waals surface area contributed by atoms with E-state index in [1.54, 1.807) is 11.8 Å². The average Bonchev–Trinajstić information content (AvgIpc) is 3.02. The molecule has 0 unspecified atom stereocenters. The van der Waals surface area contributed by atoms with E-state index in [9.17, 15) is 18.0 Å². The van der Waals surface area contributed by atoms with Gasteiger partial charge in [0.2, 0.25) is 15.9 Å². The van der Waals surface area contributed by atoms with Crippen molar-refractivity contribution in [1.29, 1.82) is 0 Å². The zero-order chi connectivity index (χ0) is 20.9. The molecule has 1 fully saturated rings. The van der Waals surface area contributed by atoms with E-state index in [4.69, 9.17) is 27.9 Å². The molecule has 0 aromatic heterocycles. The summed E-state index contributed by atoms with van der Waals surface area (Å²) >= 11 is 12.2. The topological polar surface area (TPSA) is 84.0 Å². The number of amides is 2. The number of nitrogens with zero attached hydrogens (tertiary/aromatic N) is 2. The number of sulfonamides is 1. The van der Waals surface area contributed by atoms with Crippen LogP contribution in [0.5, 0.6) is 5.75 Å². The van der Waals surface area contributed by atoms with Crippen molar-refractivity contribution >= 4 is 45.0 Å². The first-order chi connectivity index (χ1) is 13.2. The molecule has 0 saturated carbocycles. The number of methoxy groups -OCH3 is 1. The second-order valence-electron chi connectivity index (χ2n) is 6.50. The number of rotatable bonds is 9. The summed E-state index contributed by atoms with van der Waals surface area (Å²) in [6, 6.07) is 2.68. The van der Waals surface area contributed by atoms with Gasteiger partial charge >= 0.3 is 0 Å². The van der Waals surface area contributed by atoms with Gasteiger partial charge in [0.15, 0.2) is 5.75 Å². The summed E-state index contributed by atoms with van der Waals surface area (Å²) in [4.78, 5) is 26.4. The van der Waals surface area contributed by atoms with E-state index in [-0.39, 0.29) is 39.6 Å². The van der Waals surface area contributed by atoms with Crippen molar-refractivity contribution in [3.05, 3.63) is 27.7 Å². The van der Waals surface area contributed by atoms with Gasteiger partial charge in [0.05, 0.1) is 22.9 Å². The number of hydrogen-bond donors (Lipinski definition) is 0. The van der Waals surface area contributed by atoms with E-state index < -0.39 is 15.9 Å². The van der Waals surface area contributed by atoms with Crippen molar-refractivity contribution in [3.63, 3.8) is 0 Å². The van der Waals surface area contributed by atoms with Crippen LogP contribution in [0.3, 0.4) is 0 Å². The second-order valence-corrected chi connectivity index (χ2v) is 9.33. The molecule has 2 amide bonds. The minimum Gasteiger partial charge on any atom is -0.494 e. The standard InChI is InChI=1S/C18H24Cl2N2O5S/c1-3-10-28(25,26)22(9-5-8-21-7-4-6-16(21)23)18(24)13-11-14(19)17(27-2)15(20)12-13/h11-12H,3-10H2,1-2H3. The Balaban J connectivity index is 2.23. The summed E-state index contributed by atoms with van der Waals surface area (Å²) in [6.45, 7) is 2.78. The van der Waals surface area contributed by atoms with Crippen molar-refractivity contribution in [2.75, 3.05) is 32.5 Å². The summed E-state index contributed by atoms with van der Waals surface area (Å²) in [7, 11) is -2.41. The Hall–Kier alpha value is -1.51. The van der Waals surface area contributed by atoms with E-state index in [1.165, 1.54) is 19.2 Å². The van der Waals surface area contributed by atoms with E-state index >= 15 is 0 Å². The lowest BCUT2D eigenvalue weighted by atomic mass is 10.2. The number of halogens is 2. The highest BCUT2D eigenvalue weighted by Gasteiger charge is 2.29. The Morgan fingerprint density at radius 1 is 1.29 bits per heavy atom. The van der Waals surface area contributed by atoms with Crippen LogP contribution in [0, 0.1) is 0 Å². The van der Waals surface area contributed by atoms with Crippen molar-refractivity contribution in [1.82, 2.24) is 9.21 Å². The predicted octanol–water partition coefficient (Wildman–Crippen LogP) is 3.20. The molecule has 0 aliphatic carbocycles. The molecule has 0 bridgehead atoms. The van der Waals surface area contributed by atoms with Crippen LogP contribution in [-0.4, -0.2) is 61.9 Å². The van der Waals surface area contributed by atoms with Crippen LogP contribution in [0.4, 0.5) is 0 Å². The van der Waals surface area contributed by atoms with Crippen LogP contribution in [0.1, 0.15) is 43.0 Å². The molecule has 0 radical (unpaired) electrons. The smallest absolute Gasteiger partial charge is 0.267 e. The van der Waals surface area contributed by atoms with Gasteiger partial charge in [0.25, 0.3) is 5.91 Å². The summed E-state index contributed by atoms with van der Waals surface area (Å²) in [5.74, 6) is -0.579. The van der Waals surface area contributed by atoms with Gasteiger partial charge in [0, 0.05) is 31.6 Å². The van der Waals surface area contributed by atoms with Gasteiger partial charge in [-0.1, -0.05) is 30.1 Å². The van der Waals surface area contributed by atoms with Crippen molar-refractivity contribution in [2.24, 2.45) is 0 Å². The van der Waals surface area contributed by atoms with Crippen LogP contribution in [-0.2, 0) is 14.8 Å². The SMILES string of the molecule is CCCS(=O)(=O)N(CCCN1CCCC1=O)C(=O)c1cc(Cl)c(OC)c(Cl)c1. The molecule has 1 aromatic carbocycles. The maximum atomic E-state index is 13.0. The molecule has 1 aromatic rings. The molecule has 0 N–H and O–H groups in total. The summed E-state index contributed by atoms with van der Waals surface area (Å²) < 4.78 is 31.2. The molecule has 1 heterocycles. The van der Waals surface area contributed by atoms with Crippen molar-refractivity contribution < 1.29 is 22.7 Å². The number of benzene rings is 1. The van der Waals surface area contributed by atoms with Gasteiger partial charge in [-0.05, 0) is 31.4 Å². The number of carbonyl (C=O) groups excluding carboxylic acids is 2. The first kappa shape index (κ1) is 22.8. The minimum absolute atomic E-state index is 0.0216. The maximum Gasteiger partial charge on any atom is 0.267 e. The summed E-state index contributed by atoms with van der Waals surface area (Å²) in [6.07, 6.45) is 2.05. The van der Waals surface area contributed by atoms with E-state index in [2.05, 4.69) is 0 Å². The molecule has 0 atom stereocenters. The average molecular weight is 451 g/mol. The molecular weight excluding hydrogens is 427 g/mol. The van der Waals surface area contributed by atoms with Crippen LogP contribution < -0.4 is 4.74 Å². The van der Waals surface area contributed by atoms with Crippen LogP contribution in [0.15, 0.2) is 12.1 Å². The van der Waals surface area contributed by atoms with Crippen LogP contribution in [0.2, 0.25) is 10.0 Å². The number of ether oxygens (including phenoxy) is 1. The minimum atomic E-state index is -3.81. The molecule has 0 spiro atoms. The molecule has 2 rings (SSSR count). The Labute approximate surface area is 175 Å². The Bertz CT molecular complexity index is 821. The monoisotopic (exact) mass is 450 g/mol. The zero-order valence-corrected chi connectivity index (χ0v) is 18.2. The Morgan fingerprint density at radius 2 is 1.93 bits per heavy atom. The quantitative estimate of drug-likeness (QED) is 0.576. The molecular formula is C18H24Cl2N2O5S. The fourth-order valence-electron chi connectivity index (χ4n) is 3.10. The largest absolute Gasteiger partial charge is 0.494 e. The first-order valence-corrected chi connectivity index (χ1v) is 11.4. The van der Waals surface area contributed by atoms with Crippen LogP contribution >= 0.6 is 23.2 Å². The lowest BCUT2D eigenvalue weighted by Crippen LogP contribution is -2.40. The molecule has 156 valence electrons. The molecule has 1 saturated heterocycles. The van der Waals surface area contributed by atoms with E-state index in [0.29, 0.717) is 32.4 Å². The fraction of sp³-hybridized carbons (Fsp3) is 0.556. The van der Waals surface area contributed by atoms with Gasteiger partial charge in [-0.2, -0.15) is 0 Å². The molecule has 7 nitrogen and oxygen atoms in total. The first-order valence-electron chi connectivity index (χ1n) is 9.06. The fourth-order valence-corrected chi connectivity index (χ4v) is 5.25. The lowest BCUT2D eigenvalue weighted by molar-refractivity contribution is -0.127. The predicted molar refractivity (Wildman–Crippen MR) is 109 cm³/mol. The van der Waals surface area contributed by atoms with Crippen molar-refractivity contribution in [2.45, 2.75) is 32.6 Å². The molecule has 1 aliphatic heterocycles. The molecule has 28 heavy (non-hydrogen) atoms. The molecule has 10 heteroatoms. The van der Waals surface area contributed by atoms with Crippen LogP contribution in [0.25, 0.3) is 0 Å². The Kier molecular flexibility index (Phi) is 7.97. The summed E-state index contributed by atoms with van der Waals surface area (Å²) in [5.41, 5.74) is 0.0627. The third-order valence-electron chi connectivity index (χ3n) is 4.43. The highest BCUT2D eigenvalue weighted by atomic mass is 35.5. The lowest BCUT2D eigenvalue weighted by Gasteiger charge is -2.24. The highest BCUT2D eigenvalue weighted by molar-refractivity contribution is 7.89. The van der Waals surface area contributed by atoms with Gasteiger partial charge in [-0.25, -0.2) is 12.7 Å². The van der Waals surface area contributed by atoms with Gasteiger partial charge in [-0.3, -0.25) is 9.59 Å². The van der Waals surface area contributed by atoms with E-state index in [1.807, 2.05) is 0 Å². The number of carbonyl (C=O) groups is 2. The highest BCUT2D eigenvalue weighted by Crippen LogP contribution is 2.34. The number of hydrogen-bond acceptors (Lipinski definition) is 5. The third-order valence-corrected chi connectivity index (χ3v) is 6.94. The van der Waals surface area contributed by atoms with E-state index in [0.717, 1.165) is 10.7 Å². The molecule has 1 aliphatic rings. The van der Waals surface area contributed by atoms with Gasteiger partial charge in [0.1, 0.15) is 0 Å². The summed E-state index contributed by atoms with van der Waals surface area (Å²) in [5, 5.41) is 0.239. The normalized spacial score (nSPS) is 14.4.